The van der Waals surface area contributed by atoms with Crippen molar-refractivity contribution in [3.05, 3.63) is 29.3 Å². The Labute approximate surface area is 119 Å². The number of nitrogens with one attached hydrogen (secondary N) is 2. The standard InChI is InChI=1S/C15H23N3O2/c1-9(2)7-13(15(20)17-4)18-14(19)11-5-6-12(16)10(3)8-11/h5-6,8-9,13H,7,16H2,1-4H3,(H,17,20)(H,18,19). The van der Waals surface area contributed by atoms with Gasteiger partial charge < -0.3 is 16.4 Å². The van der Waals surface area contributed by atoms with Gasteiger partial charge in [-0.1, -0.05) is 13.8 Å². The van der Waals surface area contributed by atoms with E-state index in [2.05, 4.69) is 10.6 Å². The van der Waals surface area contributed by atoms with Gasteiger partial charge in [-0.15, -0.1) is 0 Å². The molecular formula is C15H23N3O2. The molecule has 4 N–H and O–H groups in total. The molecule has 0 bridgehead atoms. The molecule has 20 heavy (non-hydrogen) atoms. The summed E-state index contributed by atoms with van der Waals surface area (Å²) in [5.41, 5.74) is 7.73. The lowest BCUT2D eigenvalue weighted by atomic mass is 10.0. The monoisotopic (exact) mass is 277 g/mol. The first kappa shape index (κ1) is 16.0. The number of anilines is 1. The van der Waals surface area contributed by atoms with Crippen molar-refractivity contribution in [1.29, 1.82) is 0 Å². The van der Waals surface area contributed by atoms with Gasteiger partial charge in [-0.3, -0.25) is 9.59 Å². The molecule has 0 radical (unpaired) electrons. The van der Waals surface area contributed by atoms with Crippen molar-refractivity contribution in [1.82, 2.24) is 10.6 Å². The van der Waals surface area contributed by atoms with Crippen LogP contribution in [-0.2, 0) is 4.79 Å². The fourth-order valence-electron chi connectivity index (χ4n) is 1.94. The molecule has 0 aliphatic heterocycles. The predicted molar refractivity (Wildman–Crippen MR) is 80.4 cm³/mol. The second-order valence-electron chi connectivity index (χ2n) is 5.34. The number of aryl methyl sites for hydroxylation is 1. The molecule has 1 rings (SSSR count). The summed E-state index contributed by atoms with van der Waals surface area (Å²) in [5.74, 6) is -0.132. The number of rotatable bonds is 5. The van der Waals surface area contributed by atoms with Gasteiger partial charge in [-0.25, -0.2) is 0 Å². The number of carbonyl (C=O) groups is 2. The summed E-state index contributed by atoms with van der Waals surface area (Å²) in [6.45, 7) is 5.86. The molecule has 5 nitrogen and oxygen atoms in total. The van der Waals surface area contributed by atoms with E-state index in [1.807, 2.05) is 20.8 Å². The maximum atomic E-state index is 12.2. The molecule has 5 heteroatoms. The van der Waals surface area contributed by atoms with E-state index < -0.39 is 6.04 Å². The molecule has 0 aromatic heterocycles. The minimum Gasteiger partial charge on any atom is -0.399 e. The number of nitrogen functional groups attached to an aromatic ring is 1. The minimum atomic E-state index is -0.523. The van der Waals surface area contributed by atoms with E-state index in [4.69, 9.17) is 5.73 Å². The Kier molecular flexibility index (Phi) is 5.55. The first-order chi connectivity index (χ1) is 9.35. The van der Waals surface area contributed by atoms with E-state index in [0.29, 0.717) is 23.6 Å². The van der Waals surface area contributed by atoms with Crippen molar-refractivity contribution >= 4 is 17.5 Å². The van der Waals surface area contributed by atoms with Gasteiger partial charge in [0.2, 0.25) is 5.91 Å². The molecule has 0 spiro atoms. The molecule has 1 aromatic carbocycles. The lowest BCUT2D eigenvalue weighted by Crippen LogP contribution is -2.46. The normalized spacial score (nSPS) is 12.1. The zero-order valence-electron chi connectivity index (χ0n) is 12.5. The van der Waals surface area contributed by atoms with Gasteiger partial charge in [0, 0.05) is 18.3 Å². The lowest BCUT2D eigenvalue weighted by Gasteiger charge is -2.19. The fraction of sp³-hybridized carbons (Fsp3) is 0.467. The molecule has 0 aliphatic carbocycles. The summed E-state index contributed by atoms with van der Waals surface area (Å²) in [7, 11) is 1.56. The van der Waals surface area contributed by atoms with E-state index in [9.17, 15) is 9.59 Å². The van der Waals surface area contributed by atoms with Crippen molar-refractivity contribution in [3.8, 4) is 0 Å². The summed E-state index contributed by atoms with van der Waals surface area (Å²) >= 11 is 0. The molecule has 0 saturated carbocycles. The largest absolute Gasteiger partial charge is 0.399 e. The third-order valence-corrected chi connectivity index (χ3v) is 3.11. The van der Waals surface area contributed by atoms with Crippen LogP contribution in [0.25, 0.3) is 0 Å². The second-order valence-corrected chi connectivity index (χ2v) is 5.34. The number of nitrogens with two attached hydrogens (primary N) is 1. The van der Waals surface area contributed by atoms with Crippen LogP contribution in [-0.4, -0.2) is 24.9 Å². The van der Waals surface area contributed by atoms with Crippen LogP contribution in [0.4, 0.5) is 5.69 Å². The molecule has 0 saturated heterocycles. The average Bonchev–Trinajstić information content (AvgIpc) is 2.39. The number of benzene rings is 1. The number of hydrogen-bond donors (Lipinski definition) is 3. The number of likely N-dealkylation sites (N-methyl/N-ethyl adjacent to an activating group) is 1. The second kappa shape index (κ2) is 6.93. The van der Waals surface area contributed by atoms with Gasteiger partial charge in [0.05, 0.1) is 0 Å². The van der Waals surface area contributed by atoms with E-state index >= 15 is 0 Å². The molecule has 2 amide bonds. The average molecular weight is 277 g/mol. The van der Waals surface area contributed by atoms with Gasteiger partial charge in [0.25, 0.3) is 5.91 Å². The van der Waals surface area contributed by atoms with Crippen molar-refractivity contribution in [2.45, 2.75) is 33.2 Å². The van der Waals surface area contributed by atoms with E-state index in [-0.39, 0.29) is 11.8 Å². The Morgan fingerprint density at radius 1 is 1.30 bits per heavy atom. The quantitative estimate of drug-likeness (QED) is 0.713. The number of amides is 2. The SMILES string of the molecule is CNC(=O)C(CC(C)C)NC(=O)c1ccc(N)c(C)c1. The minimum absolute atomic E-state index is 0.181. The van der Waals surface area contributed by atoms with Crippen LogP contribution in [0.2, 0.25) is 0 Å². The maximum Gasteiger partial charge on any atom is 0.251 e. The van der Waals surface area contributed by atoms with Crippen LogP contribution in [0.15, 0.2) is 18.2 Å². The van der Waals surface area contributed by atoms with Gasteiger partial charge in [-0.05, 0) is 43.0 Å². The highest BCUT2D eigenvalue weighted by molar-refractivity contribution is 5.98. The van der Waals surface area contributed by atoms with Crippen LogP contribution in [0.5, 0.6) is 0 Å². The topological polar surface area (TPSA) is 84.2 Å². The Hall–Kier alpha value is -2.04. The predicted octanol–water partition coefficient (Wildman–Crippen LogP) is 1.47. The first-order valence-electron chi connectivity index (χ1n) is 6.73. The van der Waals surface area contributed by atoms with Crippen LogP contribution in [0, 0.1) is 12.8 Å². The molecule has 0 aliphatic rings. The van der Waals surface area contributed by atoms with Gasteiger partial charge >= 0.3 is 0 Å². The lowest BCUT2D eigenvalue weighted by molar-refractivity contribution is -0.122. The van der Waals surface area contributed by atoms with Gasteiger partial charge in [0.15, 0.2) is 0 Å². The highest BCUT2D eigenvalue weighted by Crippen LogP contribution is 2.13. The molecular weight excluding hydrogens is 254 g/mol. The summed E-state index contributed by atoms with van der Waals surface area (Å²) in [4.78, 5) is 24.0. The summed E-state index contributed by atoms with van der Waals surface area (Å²) in [5, 5.41) is 5.34. The number of hydrogen-bond acceptors (Lipinski definition) is 3. The Morgan fingerprint density at radius 2 is 1.95 bits per heavy atom. The van der Waals surface area contributed by atoms with Crippen LogP contribution in [0.1, 0.15) is 36.2 Å². The van der Waals surface area contributed by atoms with Crippen molar-refractivity contribution in [3.63, 3.8) is 0 Å². The number of carbonyl (C=O) groups excluding carboxylic acids is 2. The van der Waals surface area contributed by atoms with Crippen LogP contribution >= 0.6 is 0 Å². The Bertz CT molecular complexity index is 498. The van der Waals surface area contributed by atoms with Gasteiger partial charge in [-0.2, -0.15) is 0 Å². The van der Waals surface area contributed by atoms with Gasteiger partial charge in [0.1, 0.15) is 6.04 Å². The Morgan fingerprint density at radius 3 is 2.45 bits per heavy atom. The van der Waals surface area contributed by atoms with E-state index in [1.54, 1.807) is 25.2 Å². The third-order valence-electron chi connectivity index (χ3n) is 3.11. The smallest absolute Gasteiger partial charge is 0.251 e. The van der Waals surface area contributed by atoms with Crippen molar-refractivity contribution < 1.29 is 9.59 Å². The molecule has 0 fully saturated rings. The van der Waals surface area contributed by atoms with Crippen molar-refractivity contribution in [2.75, 3.05) is 12.8 Å². The molecule has 110 valence electrons. The molecule has 1 atom stereocenters. The van der Waals surface area contributed by atoms with Crippen molar-refractivity contribution in [2.24, 2.45) is 5.92 Å². The summed E-state index contributed by atoms with van der Waals surface area (Å²) in [6.07, 6.45) is 0.597. The zero-order chi connectivity index (χ0) is 15.3. The fourth-order valence-corrected chi connectivity index (χ4v) is 1.94. The molecule has 0 heterocycles. The van der Waals surface area contributed by atoms with Crippen LogP contribution in [0.3, 0.4) is 0 Å². The maximum absolute atomic E-state index is 12.2. The molecule has 1 aromatic rings. The highest BCUT2D eigenvalue weighted by Gasteiger charge is 2.21. The van der Waals surface area contributed by atoms with E-state index in [1.165, 1.54) is 0 Å². The Balaban J connectivity index is 2.84. The third kappa shape index (κ3) is 4.26. The zero-order valence-corrected chi connectivity index (χ0v) is 12.5. The van der Waals surface area contributed by atoms with Crippen LogP contribution < -0.4 is 16.4 Å². The molecule has 1 unspecified atom stereocenters. The highest BCUT2D eigenvalue weighted by atomic mass is 16.2. The summed E-state index contributed by atoms with van der Waals surface area (Å²) in [6, 6.07) is 4.56. The summed E-state index contributed by atoms with van der Waals surface area (Å²) < 4.78 is 0. The van der Waals surface area contributed by atoms with E-state index in [0.717, 1.165) is 5.56 Å². The first-order valence-corrected chi connectivity index (χ1v) is 6.73.